The quantitative estimate of drug-likeness (QED) is 0.381. The van der Waals surface area contributed by atoms with E-state index in [1.165, 1.54) is 18.3 Å². The molecule has 0 aliphatic carbocycles. The highest BCUT2D eigenvalue weighted by atomic mass is 32.1. The second kappa shape index (κ2) is 8.37. The van der Waals surface area contributed by atoms with Gasteiger partial charge in [-0.05, 0) is 18.2 Å². The zero-order valence-corrected chi connectivity index (χ0v) is 15.4. The number of nitrogens with two attached hydrogens (primary N) is 1. The van der Waals surface area contributed by atoms with Crippen molar-refractivity contribution >= 4 is 28.3 Å². The highest BCUT2D eigenvalue weighted by Gasteiger charge is 2.10. The number of amides is 1. The Morgan fingerprint density at radius 2 is 2.07 bits per heavy atom. The lowest BCUT2D eigenvalue weighted by Gasteiger charge is -2.06. The maximum absolute atomic E-state index is 11.0. The molecule has 3 aromatic rings. The number of nitrogens with zero attached hydrogens (tertiary/aromatic N) is 2. The summed E-state index contributed by atoms with van der Waals surface area (Å²) in [6, 6.07) is 10.6. The Labute approximate surface area is 159 Å². The topological polar surface area (TPSA) is 126 Å². The molecule has 0 radical (unpaired) electrons. The van der Waals surface area contributed by atoms with E-state index in [-0.39, 0.29) is 17.6 Å². The smallest absolute Gasteiger partial charge is 0.217 e. The number of nitrogens with one attached hydrogen (secondary N) is 2. The molecule has 140 valence electrons. The number of aromatic hydroxyl groups is 1. The van der Waals surface area contributed by atoms with Gasteiger partial charge in [-0.15, -0.1) is 11.3 Å². The van der Waals surface area contributed by atoms with Crippen LogP contribution in [0.4, 0.5) is 5.13 Å². The summed E-state index contributed by atoms with van der Waals surface area (Å²) >= 11 is 1.33. The fourth-order valence-electron chi connectivity index (χ4n) is 2.24. The summed E-state index contributed by atoms with van der Waals surface area (Å²) in [4.78, 5) is 19.6. The molecule has 0 unspecified atom stereocenters. The minimum Gasteiger partial charge on any atom is -0.508 e. The number of benzene rings is 1. The van der Waals surface area contributed by atoms with Gasteiger partial charge in [0.1, 0.15) is 17.2 Å². The third-order valence-corrected chi connectivity index (χ3v) is 4.32. The molecule has 0 spiro atoms. The zero-order valence-electron chi connectivity index (χ0n) is 14.6. The first-order valence-electron chi connectivity index (χ1n) is 8.15. The summed E-state index contributed by atoms with van der Waals surface area (Å²) in [6.45, 7) is 2.13. The standard InChI is InChI=1S/C18H19N5O3S/c1-11(24)20-9-13-6-7-16(26-13)14-10-27-18(22-14)23-17(19)21-8-12-4-2-3-5-15(12)25/h2-7,10,25H,8-9H2,1H3,(H,20,24)(H3,19,21,22,23). The molecular formula is C18H19N5O3S. The second-order valence-corrected chi connectivity index (χ2v) is 6.51. The Balaban J connectivity index is 1.62. The summed E-state index contributed by atoms with van der Waals surface area (Å²) in [5.74, 6) is 1.51. The number of hydrogen-bond acceptors (Lipinski definition) is 6. The van der Waals surface area contributed by atoms with Crippen molar-refractivity contribution in [2.24, 2.45) is 10.7 Å². The summed E-state index contributed by atoms with van der Waals surface area (Å²) in [6.07, 6.45) is 0. The second-order valence-electron chi connectivity index (χ2n) is 5.67. The largest absolute Gasteiger partial charge is 0.508 e. The van der Waals surface area contributed by atoms with Crippen molar-refractivity contribution in [3.63, 3.8) is 0 Å². The van der Waals surface area contributed by atoms with Crippen LogP contribution in [0.25, 0.3) is 11.5 Å². The average Bonchev–Trinajstić information content (AvgIpc) is 3.28. The minimum absolute atomic E-state index is 0.120. The number of hydrogen-bond donors (Lipinski definition) is 4. The van der Waals surface area contributed by atoms with Crippen LogP contribution in [0, 0.1) is 0 Å². The molecular weight excluding hydrogens is 366 g/mol. The number of aromatic nitrogens is 1. The maximum Gasteiger partial charge on any atom is 0.217 e. The third-order valence-electron chi connectivity index (χ3n) is 3.59. The van der Waals surface area contributed by atoms with Crippen LogP contribution in [-0.2, 0) is 17.9 Å². The van der Waals surface area contributed by atoms with Crippen molar-refractivity contribution in [3.8, 4) is 17.2 Å². The molecule has 2 aromatic heterocycles. The van der Waals surface area contributed by atoms with E-state index >= 15 is 0 Å². The number of furan rings is 1. The Bertz CT molecular complexity index is 963. The van der Waals surface area contributed by atoms with Crippen molar-refractivity contribution in [3.05, 3.63) is 53.1 Å². The Morgan fingerprint density at radius 1 is 1.26 bits per heavy atom. The fraction of sp³-hybridized carbons (Fsp3) is 0.167. The molecule has 0 atom stereocenters. The van der Waals surface area contributed by atoms with Gasteiger partial charge in [0, 0.05) is 24.4 Å². The number of thiazole rings is 1. The first-order valence-corrected chi connectivity index (χ1v) is 9.03. The molecule has 0 bridgehead atoms. The van der Waals surface area contributed by atoms with Gasteiger partial charge < -0.3 is 25.9 Å². The predicted octanol–water partition coefficient (Wildman–Crippen LogP) is 2.48. The van der Waals surface area contributed by atoms with Gasteiger partial charge in [-0.25, -0.2) is 4.98 Å². The molecule has 5 N–H and O–H groups in total. The molecule has 0 fully saturated rings. The molecule has 8 nitrogen and oxygen atoms in total. The van der Waals surface area contributed by atoms with Gasteiger partial charge in [0.15, 0.2) is 11.7 Å². The summed E-state index contributed by atoms with van der Waals surface area (Å²) < 4.78 is 5.66. The first-order chi connectivity index (χ1) is 13.0. The molecule has 0 saturated heterocycles. The zero-order chi connectivity index (χ0) is 19.2. The number of carbonyl (C=O) groups excluding carboxylic acids is 1. The molecule has 3 rings (SSSR count). The van der Waals surface area contributed by atoms with E-state index in [4.69, 9.17) is 10.2 Å². The first kappa shape index (κ1) is 18.5. The minimum atomic E-state index is -0.120. The fourth-order valence-corrected chi connectivity index (χ4v) is 2.93. The van der Waals surface area contributed by atoms with E-state index in [0.717, 1.165) is 5.56 Å². The molecule has 1 amide bonds. The van der Waals surface area contributed by atoms with Gasteiger partial charge in [0.2, 0.25) is 11.0 Å². The van der Waals surface area contributed by atoms with Gasteiger partial charge in [0.05, 0.1) is 6.54 Å². The summed E-state index contributed by atoms with van der Waals surface area (Å²) in [5.41, 5.74) is 7.24. The SMILES string of the molecule is CC(=O)NCc1ccc(-c2csc(/N=C(\N)NCc3ccccc3O)n2)o1. The van der Waals surface area contributed by atoms with Crippen LogP contribution in [-0.4, -0.2) is 22.0 Å². The predicted molar refractivity (Wildman–Crippen MR) is 104 cm³/mol. The number of guanidine groups is 1. The van der Waals surface area contributed by atoms with Crippen molar-refractivity contribution in [2.45, 2.75) is 20.0 Å². The van der Waals surface area contributed by atoms with Crippen molar-refractivity contribution in [1.29, 1.82) is 0 Å². The normalized spacial score (nSPS) is 11.4. The number of phenolic OH excluding ortho intramolecular Hbond substituents is 1. The third kappa shape index (κ3) is 5.08. The van der Waals surface area contributed by atoms with E-state index in [1.807, 2.05) is 11.4 Å². The van der Waals surface area contributed by atoms with E-state index in [1.54, 1.807) is 30.3 Å². The van der Waals surface area contributed by atoms with Crippen molar-refractivity contribution in [1.82, 2.24) is 15.6 Å². The number of aliphatic imine (C=N–C) groups is 1. The number of carbonyl (C=O) groups is 1. The molecule has 1 aromatic carbocycles. The van der Waals surface area contributed by atoms with Gasteiger partial charge >= 0.3 is 0 Å². The van der Waals surface area contributed by atoms with E-state index in [9.17, 15) is 9.90 Å². The van der Waals surface area contributed by atoms with Crippen LogP contribution in [0.15, 0.2) is 51.2 Å². The molecule has 9 heteroatoms. The highest BCUT2D eigenvalue weighted by Crippen LogP contribution is 2.28. The summed E-state index contributed by atoms with van der Waals surface area (Å²) in [7, 11) is 0. The lowest BCUT2D eigenvalue weighted by atomic mass is 10.2. The lowest BCUT2D eigenvalue weighted by Crippen LogP contribution is -2.30. The van der Waals surface area contributed by atoms with Gasteiger partial charge in [-0.3, -0.25) is 4.79 Å². The molecule has 0 saturated carbocycles. The highest BCUT2D eigenvalue weighted by molar-refractivity contribution is 7.13. The van der Waals surface area contributed by atoms with Gasteiger partial charge in [0.25, 0.3) is 0 Å². The Hall–Kier alpha value is -3.33. The van der Waals surface area contributed by atoms with Crippen molar-refractivity contribution in [2.75, 3.05) is 0 Å². The summed E-state index contributed by atoms with van der Waals surface area (Å²) in [5, 5.41) is 17.7. The van der Waals surface area contributed by atoms with E-state index in [2.05, 4.69) is 20.6 Å². The van der Waals surface area contributed by atoms with Crippen LogP contribution in [0.5, 0.6) is 5.75 Å². The Kier molecular flexibility index (Phi) is 5.72. The van der Waals surface area contributed by atoms with E-state index in [0.29, 0.717) is 35.4 Å². The molecule has 0 aliphatic rings. The average molecular weight is 385 g/mol. The van der Waals surface area contributed by atoms with Gasteiger partial charge in [-0.2, -0.15) is 4.99 Å². The van der Waals surface area contributed by atoms with E-state index < -0.39 is 0 Å². The van der Waals surface area contributed by atoms with Crippen molar-refractivity contribution < 1.29 is 14.3 Å². The number of phenols is 1. The molecule has 0 aliphatic heterocycles. The monoisotopic (exact) mass is 385 g/mol. The molecule has 27 heavy (non-hydrogen) atoms. The number of para-hydroxylation sites is 1. The molecule has 2 heterocycles. The number of rotatable bonds is 6. The van der Waals surface area contributed by atoms with Crippen LogP contribution in [0.1, 0.15) is 18.2 Å². The van der Waals surface area contributed by atoms with Crippen LogP contribution < -0.4 is 16.4 Å². The van der Waals surface area contributed by atoms with Crippen LogP contribution in [0.3, 0.4) is 0 Å². The van der Waals surface area contributed by atoms with Crippen LogP contribution >= 0.6 is 11.3 Å². The maximum atomic E-state index is 11.0. The lowest BCUT2D eigenvalue weighted by molar-refractivity contribution is -0.119. The van der Waals surface area contributed by atoms with Crippen LogP contribution in [0.2, 0.25) is 0 Å². The van der Waals surface area contributed by atoms with Gasteiger partial charge in [-0.1, -0.05) is 18.2 Å². The Morgan fingerprint density at radius 3 is 2.85 bits per heavy atom.